The van der Waals surface area contributed by atoms with Crippen molar-refractivity contribution in [2.45, 2.75) is 13.0 Å². The van der Waals surface area contributed by atoms with Crippen LogP contribution in [-0.4, -0.2) is 38.1 Å². The average molecular weight is 312 g/mol. The van der Waals surface area contributed by atoms with Crippen LogP contribution in [0.15, 0.2) is 54.6 Å². The molecule has 0 saturated carbocycles. The number of benzene rings is 2. The molecule has 23 heavy (non-hydrogen) atoms. The first-order chi connectivity index (χ1) is 11.1. The van der Waals surface area contributed by atoms with Crippen molar-refractivity contribution >= 4 is 5.91 Å². The summed E-state index contributed by atoms with van der Waals surface area (Å²) >= 11 is 0. The number of carbonyl (C=O) groups excluding carboxylic acids is 1. The van der Waals surface area contributed by atoms with E-state index in [0.717, 1.165) is 0 Å². The van der Waals surface area contributed by atoms with Crippen molar-refractivity contribution in [3.63, 3.8) is 0 Å². The molecule has 0 aromatic heterocycles. The molecule has 0 aliphatic carbocycles. The Morgan fingerprint density at radius 2 is 1.74 bits per heavy atom. The lowest BCUT2D eigenvalue weighted by molar-refractivity contribution is -0.123. The third-order valence-electron chi connectivity index (χ3n) is 3.69. The quantitative estimate of drug-likeness (QED) is 0.855. The molecule has 0 fully saturated rings. The predicted molar refractivity (Wildman–Crippen MR) is 92.6 cm³/mol. The van der Waals surface area contributed by atoms with Crippen molar-refractivity contribution < 1.29 is 9.53 Å². The minimum Gasteiger partial charge on any atom is -0.484 e. The second kappa shape index (κ2) is 8.34. The predicted octanol–water partition coefficient (Wildman–Crippen LogP) is 2.79. The largest absolute Gasteiger partial charge is 0.484 e. The van der Waals surface area contributed by atoms with E-state index in [4.69, 9.17) is 4.74 Å². The Kier molecular flexibility index (Phi) is 6.18. The van der Waals surface area contributed by atoms with Gasteiger partial charge in [-0.2, -0.15) is 0 Å². The van der Waals surface area contributed by atoms with Crippen LogP contribution in [0, 0.1) is 6.92 Å². The monoisotopic (exact) mass is 312 g/mol. The number of amides is 1. The van der Waals surface area contributed by atoms with Gasteiger partial charge in [-0.3, -0.25) is 4.79 Å². The Morgan fingerprint density at radius 1 is 1.09 bits per heavy atom. The van der Waals surface area contributed by atoms with Crippen molar-refractivity contribution in [3.8, 4) is 5.75 Å². The van der Waals surface area contributed by atoms with E-state index in [1.54, 1.807) is 0 Å². The number of nitrogens with one attached hydrogen (secondary N) is 1. The van der Waals surface area contributed by atoms with Crippen LogP contribution in [0.3, 0.4) is 0 Å². The Hall–Kier alpha value is -2.33. The second-order valence-corrected chi connectivity index (χ2v) is 5.80. The second-order valence-electron chi connectivity index (χ2n) is 5.80. The molecule has 1 atom stereocenters. The summed E-state index contributed by atoms with van der Waals surface area (Å²) in [6.45, 7) is 2.59. The highest BCUT2D eigenvalue weighted by atomic mass is 16.5. The van der Waals surface area contributed by atoms with Gasteiger partial charge < -0.3 is 15.0 Å². The highest BCUT2D eigenvalue weighted by Gasteiger charge is 2.15. The van der Waals surface area contributed by atoms with Crippen LogP contribution in [-0.2, 0) is 4.79 Å². The number of likely N-dealkylation sites (N-methyl/N-ethyl adjacent to an activating group) is 1. The molecular formula is C19H24N2O2. The first kappa shape index (κ1) is 17.0. The number of nitrogens with zero attached hydrogens (tertiary/aromatic N) is 1. The smallest absolute Gasteiger partial charge is 0.258 e. The van der Waals surface area contributed by atoms with Gasteiger partial charge in [-0.05, 0) is 38.7 Å². The summed E-state index contributed by atoms with van der Waals surface area (Å²) in [5, 5.41) is 2.94. The number of carbonyl (C=O) groups is 1. The summed E-state index contributed by atoms with van der Waals surface area (Å²) in [6, 6.07) is 17.9. The molecule has 2 aromatic carbocycles. The Morgan fingerprint density at radius 3 is 2.35 bits per heavy atom. The lowest BCUT2D eigenvalue weighted by Gasteiger charge is -2.25. The fourth-order valence-electron chi connectivity index (χ4n) is 2.32. The van der Waals surface area contributed by atoms with E-state index in [2.05, 4.69) is 22.3 Å². The number of rotatable bonds is 7. The molecule has 2 aromatic rings. The van der Waals surface area contributed by atoms with E-state index in [1.807, 2.05) is 63.5 Å². The first-order valence-electron chi connectivity index (χ1n) is 7.74. The molecule has 0 heterocycles. The Balaban J connectivity index is 1.83. The summed E-state index contributed by atoms with van der Waals surface area (Å²) in [6.07, 6.45) is 0. The summed E-state index contributed by atoms with van der Waals surface area (Å²) < 4.78 is 5.50. The number of ether oxygens (including phenoxy) is 1. The zero-order chi connectivity index (χ0) is 16.7. The van der Waals surface area contributed by atoms with Crippen molar-refractivity contribution in [1.82, 2.24) is 10.2 Å². The molecule has 0 spiro atoms. The van der Waals surface area contributed by atoms with E-state index in [-0.39, 0.29) is 18.6 Å². The van der Waals surface area contributed by atoms with Crippen LogP contribution in [0.1, 0.15) is 17.2 Å². The zero-order valence-corrected chi connectivity index (χ0v) is 14.0. The molecule has 1 unspecified atom stereocenters. The molecule has 4 nitrogen and oxygen atoms in total. The Labute approximate surface area is 138 Å². The summed E-state index contributed by atoms with van der Waals surface area (Å²) in [5.74, 6) is 0.589. The van der Waals surface area contributed by atoms with Gasteiger partial charge in [-0.25, -0.2) is 0 Å². The molecule has 0 aliphatic heterocycles. The normalized spacial score (nSPS) is 12.0. The molecule has 0 radical (unpaired) electrons. The third kappa shape index (κ3) is 5.42. The molecule has 1 amide bonds. The van der Waals surface area contributed by atoms with Crippen molar-refractivity contribution in [1.29, 1.82) is 0 Å². The lowest BCUT2D eigenvalue weighted by atomic mass is 10.1. The van der Waals surface area contributed by atoms with Crippen molar-refractivity contribution in [2.24, 2.45) is 0 Å². The first-order valence-corrected chi connectivity index (χ1v) is 7.74. The van der Waals surface area contributed by atoms with Gasteiger partial charge in [0.2, 0.25) is 0 Å². The van der Waals surface area contributed by atoms with Gasteiger partial charge in [-0.15, -0.1) is 0 Å². The van der Waals surface area contributed by atoms with Gasteiger partial charge in [0, 0.05) is 6.54 Å². The van der Waals surface area contributed by atoms with Crippen LogP contribution in [0.25, 0.3) is 0 Å². The molecule has 1 N–H and O–H groups in total. The third-order valence-corrected chi connectivity index (χ3v) is 3.69. The fraction of sp³-hybridized carbons (Fsp3) is 0.316. The van der Waals surface area contributed by atoms with Crippen molar-refractivity contribution in [2.75, 3.05) is 27.2 Å². The van der Waals surface area contributed by atoms with E-state index < -0.39 is 0 Å². The van der Waals surface area contributed by atoms with E-state index >= 15 is 0 Å². The molecular weight excluding hydrogens is 288 g/mol. The van der Waals surface area contributed by atoms with Crippen LogP contribution >= 0.6 is 0 Å². The molecule has 0 bridgehead atoms. The SMILES string of the molecule is Cc1ccc(OCC(=O)NCC(c2ccccc2)N(C)C)cc1. The van der Waals surface area contributed by atoms with Gasteiger partial charge in [-0.1, -0.05) is 48.0 Å². The molecule has 0 saturated heterocycles. The minimum absolute atomic E-state index is 0.0258. The molecule has 122 valence electrons. The van der Waals surface area contributed by atoms with Crippen LogP contribution in [0.5, 0.6) is 5.75 Å². The maximum absolute atomic E-state index is 12.0. The molecule has 0 aliphatic rings. The standard InChI is InChI=1S/C19H24N2O2/c1-15-9-11-17(12-10-15)23-14-19(22)20-13-18(21(2)3)16-7-5-4-6-8-16/h4-12,18H,13-14H2,1-3H3,(H,20,22). The van der Waals surface area contributed by atoms with E-state index in [9.17, 15) is 4.79 Å². The maximum Gasteiger partial charge on any atom is 0.258 e. The number of aryl methyl sites for hydroxylation is 1. The van der Waals surface area contributed by atoms with Crippen molar-refractivity contribution in [3.05, 3.63) is 65.7 Å². The van der Waals surface area contributed by atoms with Gasteiger partial charge in [0.25, 0.3) is 5.91 Å². The van der Waals surface area contributed by atoms with Gasteiger partial charge >= 0.3 is 0 Å². The zero-order valence-electron chi connectivity index (χ0n) is 14.0. The summed E-state index contributed by atoms with van der Waals surface area (Å²) in [5.41, 5.74) is 2.34. The summed E-state index contributed by atoms with van der Waals surface area (Å²) in [7, 11) is 4.01. The Bertz CT molecular complexity index is 609. The fourth-order valence-corrected chi connectivity index (χ4v) is 2.32. The van der Waals surface area contributed by atoms with Crippen LogP contribution < -0.4 is 10.1 Å². The van der Waals surface area contributed by atoms with Gasteiger partial charge in [0.1, 0.15) is 5.75 Å². The van der Waals surface area contributed by atoms with Gasteiger partial charge in [0.15, 0.2) is 6.61 Å². The number of hydrogen-bond acceptors (Lipinski definition) is 3. The van der Waals surface area contributed by atoms with Crippen LogP contribution in [0.4, 0.5) is 0 Å². The topological polar surface area (TPSA) is 41.6 Å². The molecule has 4 heteroatoms. The highest BCUT2D eigenvalue weighted by Crippen LogP contribution is 2.16. The molecule has 2 rings (SSSR count). The summed E-state index contributed by atoms with van der Waals surface area (Å²) in [4.78, 5) is 14.1. The highest BCUT2D eigenvalue weighted by molar-refractivity contribution is 5.77. The average Bonchev–Trinajstić information content (AvgIpc) is 2.55. The minimum atomic E-state index is -0.117. The van der Waals surface area contributed by atoms with Crippen LogP contribution in [0.2, 0.25) is 0 Å². The van der Waals surface area contributed by atoms with E-state index in [0.29, 0.717) is 12.3 Å². The van der Waals surface area contributed by atoms with Gasteiger partial charge in [0.05, 0.1) is 6.04 Å². The lowest BCUT2D eigenvalue weighted by Crippen LogP contribution is -2.36. The van der Waals surface area contributed by atoms with E-state index in [1.165, 1.54) is 11.1 Å². The maximum atomic E-state index is 12.0. The number of hydrogen-bond donors (Lipinski definition) is 1.